The number of carbonyl (C=O) groups excluding carboxylic acids is 2. The van der Waals surface area contributed by atoms with Crippen molar-refractivity contribution in [1.82, 2.24) is 5.43 Å². The molecule has 0 saturated carbocycles. The van der Waals surface area contributed by atoms with Crippen LogP contribution in [0, 0.1) is 0 Å². The number of benzene rings is 2. The van der Waals surface area contributed by atoms with E-state index in [-0.39, 0.29) is 0 Å². The topological polar surface area (TPSA) is 70.6 Å². The Hall–Kier alpha value is -2.37. The average Bonchev–Trinajstić information content (AvgIpc) is 2.64. The molecule has 0 heterocycles. The van der Waals surface area contributed by atoms with Crippen molar-refractivity contribution in [1.29, 1.82) is 0 Å². The summed E-state index contributed by atoms with van der Waals surface area (Å²) in [4.78, 5) is 24.2. The first kappa shape index (κ1) is 19.9. The normalized spacial score (nSPS) is 10.8. The van der Waals surface area contributed by atoms with Crippen LogP contribution in [0.2, 0.25) is 10.0 Å². The van der Waals surface area contributed by atoms with E-state index >= 15 is 0 Å². The van der Waals surface area contributed by atoms with Crippen LogP contribution >= 0.6 is 23.2 Å². The van der Waals surface area contributed by atoms with Gasteiger partial charge in [0.05, 0.1) is 16.3 Å². The number of hydrogen-bond acceptors (Lipinski definition) is 3. The summed E-state index contributed by atoms with van der Waals surface area (Å²) in [6.45, 7) is 3.98. The van der Waals surface area contributed by atoms with Gasteiger partial charge in [0.15, 0.2) is 0 Å². The molecule has 0 atom stereocenters. The van der Waals surface area contributed by atoms with Gasteiger partial charge < -0.3 is 5.32 Å². The Bertz CT molecular complexity index is 808. The number of halogens is 2. The minimum absolute atomic E-state index is 0.393. The highest BCUT2D eigenvalue weighted by Crippen LogP contribution is 2.23. The van der Waals surface area contributed by atoms with Crippen molar-refractivity contribution in [2.45, 2.75) is 26.7 Å². The summed E-state index contributed by atoms with van der Waals surface area (Å²) in [5.41, 5.74) is 5.26. The first-order valence-electron chi connectivity index (χ1n) is 8.17. The van der Waals surface area contributed by atoms with Crippen LogP contribution in [0.25, 0.3) is 0 Å². The van der Waals surface area contributed by atoms with E-state index in [1.165, 1.54) is 6.21 Å². The summed E-state index contributed by atoms with van der Waals surface area (Å²) < 4.78 is 0. The Morgan fingerprint density at radius 2 is 1.50 bits per heavy atom. The van der Waals surface area contributed by atoms with Gasteiger partial charge in [-0.2, -0.15) is 5.10 Å². The molecule has 136 valence electrons. The second kappa shape index (κ2) is 9.36. The van der Waals surface area contributed by atoms with Crippen LogP contribution < -0.4 is 10.7 Å². The molecular formula is C19H19Cl2N3O2. The number of hydrogen-bond donors (Lipinski definition) is 2. The molecule has 0 aromatic heterocycles. The molecule has 0 spiro atoms. The number of hydrazone groups is 1. The molecule has 0 unspecified atom stereocenters. The number of carbonyl (C=O) groups is 2. The van der Waals surface area contributed by atoms with Crippen LogP contribution in [-0.2, 0) is 22.4 Å². The van der Waals surface area contributed by atoms with Crippen molar-refractivity contribution in [2.24, 2.45) is 5.10 Å². The number of rotatable bonds is 5. The number of amides is 2. The van der Waals surface area contributed by atoms with E-state index < -0.39 is 11.8 Å². The molecule has 2 rings (SSSR count). The Morgan fingerprint density at radius 1 is 0.962 bits per heavy atom. The van der Waals surface area contributed by atoms with Crippen LogP contribution in [0.3, 0.4) is 0 Å². The van der Waals surface area contributed by atoms with E-state index in [1.54, 1.807) is 18.2 Å². The molecule has 0 fully saturated rings. The third-order valence-electron chi connectivity index (χ3n) is 3.80. The summed E-state index contributed by atoms with van der Waals surface area (Å²) in [7, 11) is 0. The highest BCUT2D eigenvalue weighted by Gasteiger charge is 2.16. The third-order valence-corrected chi connectivity index (χ3v) is 4.46. The number of anilines is 1. The molecule has 2 N–H and O–H groups in total. The molecule has 0 radical (unpaired) electrons. The van der Waals surface area contributed by atoms with Gasteiger partial charge >= 0.3 is 11.8 Å². The van der Waals surface area contributed by atoms with Crippen LogP contribution in [0.15, 0.2) is 41.5 Å². The lowest BCUT2D eigenvalue weighted by Crippen LogP contribution is -2.33. The second-order valence-electron chi connectivity index (χ2n) is 5.45. The molecule has 0 saturated heterocycles. The molecular weight excluding hydrogens is 373 g/mol. The molecule has 0 aliphatic rings. The predicted octanol–water partition coefficient (Wildman–Crippen LogP) is 4.21. The Labute approximate surface area is 162 Å². The largest absolute Gasteiger partial charge is 0.329 e. The van der Waals surface area contributed by atoms with Gasteiger partial charge in [-0.15, -0.1) is 0 Å². The molecule has 0 bridgehead atoms. The van der Waals surface area contributed by atoms with Crippen LogP contribution in [0.4, 0.5) is 5.69 Å². The van der Waals surface area contributed by atoms with E-state index in [9.17, 15) is 9.59 Å². The summed E-state index contributed by atoms with van der Waals surface area (Å²) in [6, 6.07) is 10.8. The van der Waals surface area contributed by atoms with E-state index in [4.69, 9.17) is 23.2 Å². The fourth-order valence-corrected chi connectivity index (χ4v) is 2.91. The highest BCUT2D eigenvalue weighted by atomic mass is 35.5. The van der Waals surface area contributed by atoms with E-state index in [0.29, 0.717) is 21.3 Å². The van der Waals surface area contributed by atoms with Gasteiger partial charge in [0.25, 0.3) is 0 Å². The lowest BCUT2D eigenvalue weighted by molar-refractivity contribution is -0.136. The molecule has 26 heavy (non-hydrogen) atoms. The Balaban J connectivity index is 2.07. The van der Waals surface area contributed by atoms with Crippen LogP contribution in [0.5, 0.6) is 0 Å². The molecule has 5 nitrogen and oxygen atoms in total. The molecule has 7 heteroatoms. The van der Waals surface area contributed by atoms with Crippen molar-refractivity contribution >= 4 is 46.9 Å². The molecule has 0 aliphatic heterocycles. The van der Waals surface area contributed by atoms with Gasteiger partial charge in [-0.05, 0) is 36.1 Å². The second-order valence-corrected chi connectivity index (χ2v) is 6.26. The number of nitrogens with one attached hydrogen (secondary N) is 2. The van der Waals surface area contributed by atoms with Crippen molar-refractivity contribution in [3.05, 3.63) is 63.1 Å². The number of nitrogens with zero attached hydrogens (tertiary/aromatic N) is 1. The van der Waals surface area contributed by atoms with Gasteiger partial charge in [-0.1, -0.05) is 61.3 Å². The molecule has 2 amide bonds. The SMILES string of the molecule is CCc1cccc(CC)c1NC(=O)C(=O)N/N=C\c1c(Cl)cccc1Cl. The standard InChI is InChI=1S/C19H19Cl2N3O2/c1-3-12-7-5-8-13(4-2)17(12)23-18(25)19(26)24-22-11-14-15(20)9-6-10-16(14)21/h5-11H,3-4H2,1-2H3,(H,23,25)(H,24,26)/b22-11-. The zero-order valence-corrected chi connectivity index (χ0v) is 16.0. The van der Waals surface area contributed by atoms with E-state index in [2.05, 4.69) is 15.8 Å². The summed E-state index contributed by atoms with van der Waals surface area (Å²) in [5, 5.41) is 7.22. The van der Waals surface area contributed by atoms with Gasteiger partial charge in [-0.3, -0.25) is 9.59 Å². The minimum atomic E-state index is -0.877. The quantitative estimate of drug-likeness (QED) is 0.455. The van der Waals surface area contributed by atoms with Crippen molar-refractivity contribution in [3.63, 3.8) is 0 Å². The maximum absolute atomic E-state index is 12.2. The van der Waals surface area contributed by atoms with Crippen LogP contribution in [0.1, 0.15) is 30.5 Å². The fourth-order valence-electron chi connectivity index (χ4n) is 2.41. The zero-order valence-electron chi connectivity index (χ0n) is 14.5. The highest BCUT2D eigenvalue weighted by molar-refractivity contribution is 6.40. The first-order valence-corrected chi connectivity index (χ1v) is 8.92. The lowest BCUT2D eigenvalue weighted by atomic mass is 10.0. The maximum atomic E-state index is 12.2. The fraction of sp³-hybridized carbons (Fsp3) is 0.211. The number of aryl methyl sites for hydroxylation is 2. The smallest absolute Gasteiger partial charge is 0.317 e. The van der Waals surface area contributed by atoms with E-state index in [0.717, 1.165) is 24.0 Å². The zero-order chi connectivity index (χ0) is 19.1. The van der Waals surface area contributed by atoms with Gasteiger partial charge in [0, 0.05) is 11.3 Å². The monoisotopic (exact) mass is 391 g/mol. The Kier molecular flexibility index (Phi) is 7.18. The predicted molar refractivity (Wildman–Crippen MR) is 106 cm³/mol. The van der Waals surface area contributed by atoms with E-state index in [1.807, 2.05) is 32.0 Å². The lowest BCUT2D eigenvalue weighted by Gasteiger charge is -2.13. The average molecular weight is 392 g/mol. The molecule has 2 aromatic rings. The summed E-state index contributed by atoms with van der Waals surface area (Å²) in [5.74, 6) is -1.67. The van der Waals surface area contributed by atoms with Gasteiger partial charge in [-0.25, -0.2) is 5.43 Å². The third kappa shape index (κ3) is 4.84. The van der Waals surface area contributed by atoms with Gasteiger partial charge in [0.1, 0.15) is 0 Å². The summed E-state index contributed by atoms with van der Waals surface area (Å²) >= 11 is 12.0. The first-order chi connectivity index (χ1) is 12.5. The van der Waals surface area contributed by atoms with Crippen molar-refractivity contribution < 1.29 is 9.59 Å². The van der Waals surface area contributed by atoms with Crippen molar-refractivity contribution in [3.8, 4) is 0 Å². The molecule has 2 aromatic carbocycles. The van der Waals surface area contributed by atoms with Crippen LogP contribution in [-0.4, -0.2) is 18.0 Å². The minimum Gasteiger partial charge on any atom is -0.317 e. The van der Waals surface area contributed by atoms with Gasteiger partial charge in [0.2, 0.25) is 0 Å². The van der Waals surface area contributed by atoms with Crippen molar-refractivity contribution in [2.75, 3.05) is 5.32 Å². The number of para-hydroxylation sites is 1. The Morgan fingerprint density at radius 3 is 2.04 bits per heavy atom. The maximum Gasteiger partial charge on any atom is 0.329 e. The molecule has 0 aliphatic carbocycles. The summed E-state index contributed by atoms with van der Waals surface area (Å²) in [6.07, 6.45) is 2.79.